The maximum atomic E-state index is 11.8. The molecule has 0 aliphatic rings. The van der Waals surface area contributed by atoms with Crippen LogP contribution in [0.5, 0.6) is 5.75 Å². The van der Waals surface area contributed by atoms with Gasteiger partial charge in [-0.3, -0.25) is 4.79 Å². The minimum Gasteiger partial charge on any atom is -0.496 e. The van der Waals surface area contributed by atoms with Gasteiger partial charge in [-0.25, -0.2) is 5.43 Å². The van der Waals surface area contributed by atoms with E-state index in [1.54, 1.807) is 7.11 Å². The fourth-order valence-corrected chi connectivity index (χ4v) is 2.10. The molecule has 2 N–H and O–H groups in total. The molecule has 0 bridgehead atoms. The van der Waals surface area contributed by atoms with E-state index in [2.05, 4.69) is 15.8 Å². The quantitative estimate of drug-likeness (QED) is 0.610. The predicted octanol–water partition coefficient (Wildman–Crippen LogP) is 2.84. The highest BCUT2D eigenvalue weighted by atomic mass is 16.5. The Kier molecular flexibility index (Phi) is 6.17. The molecule has 2 aromatic carbocycles. The molecule has 0 atom stereocenters. The van der Waals surface area contributed by atoms with Crippen molar-refractivity contribution >= 4 is 17.3 Å². The van der Waals surface area contributed by atoms with Crippen LogP contribution in [0, 0.1) is 0 Å². The van der Waals surface area contributed by atoms with Gasteiger partial charge in [0, 0.05) is 17.8 Å². The van der Waals surface area contributed by atoms with Crippen LogP contribution in [0.1, 0.15) is 12.5 Å². The predicted molar refractivity (Wildman–Crippen MR) is 92.9 cm³/mol. The summed E-state index contributed by atoms with van der Waals surface area (Å²) in [5, 5.41) is 7.16. The zero-order chi connectivity index (χ0) is 16.5. The number of hydrogen-bond acceptors (Lipinski definition) is 4. The number of ether oxygens (including phenoxy) is 1. The van der Waals surface area contributed by atoms with Crippen molar-refractivity contribution in [3.8, 4) is 5.75 Å². The topological polar surface area (TPSA) is 62.7 Å². The summed E-state index contributed by atoms with van der Waals surface area (Å²) in [7, 11) is 1.64. The van der Waals surface area contributed by atoms with Crippen LogP contribution >= 0.6 is 0 Å². The Labute approximate surface area is 136 Å². The molecule has 1 amide bonds. The molecule has 0 radical (unpaired) electrons. The third-order valence-corrected chi connectivity index (χ3v) is 3.24. The molecule has 0 fully saturated rings. The minimum atomic E-state index is -0.187. The minimum absolute atomic E-state index is 0.176. The summed E-state index contributed by atoms with van der Waals surface area (Å²) in [4.78, 5) is 11.8. The van der Waals surface area contributed by atoms with E-state index in [4.69, 9.17) is 4.74 Å². The monoisotopic (exact) mass is 311 g/mol. The molecule has 2 rings (SSSR count). The van der Waals surface area contributed by atoms with Gasteiger partial charge in [-0.05, 0) is 30.7 Å². The van der Waals surface area contributed by atoms with Crippen LogP contribution in [0.4, 0.5) is 5.69 Å². The van der Waals surface area contributed by atoms with Crippen LogP contribution in [0.15, 0.2) is 59.7 Å². The normalized spacial score (nSPS) is 11.0. The van der Waals surface area contributed by atoms with Crippen molar-refractivity contribution in [1.82, 2.24) is 5.43 Å². The summed E-state index contributed by atoms with van der Waals surface area (Å²) >= 11 is 0. The summed E-state index contributed by atoms with van der Waals surface area (Å²) in [6.45, 7) is 2.05. The first-order chi connectivity index (χ1) is 11.2. The Bertz CT molecular complexity index is 669. The van der Waals surface area contributed by atoms with Gasteiger partial charge in [0.15, 0.2) is 0 Å². The maximum absolute atomic E-state index is 11.8. The van der Waals surface area contributed by atoms with Crippen LogP contribution in [-0.4, -0.2) is 25.3 Å². The molecule has 0 spiro atoms. The van der Waals surface area contributed by atoms with Gasteiger partial charge in [-0.15, -0.1) is 0 Å². The molecule has 0 heterocycles. The van der Waals surface area contributed by atoms with Crippen molar-refractivity contribution in [2.45, 2.75) is 13.3 Å². The summed E-state index contributed by atoms with van der Waals surface area (Å²) in [6, 6.07) is 17.3. The first-order valence-corrected chi connectivity index (χ1v) is 7.42. The van der Waals surface area contributed by atoms with Crippen LogP contribution in [-0.2, 0) is 11.2 Å². The van der Waals surface area contributed by atoms with E-state index < -0.39 is 0 Å². The molecule has 0 aromatic heterocycles. The summed E-state index contributed by atoms with van der Waals surface area (Å²) < 4.78 is 5.31. The highest BCUT2D eigenvalue weighted by Crippen LogP contribution is 2.17. The molecule has 0 aliphatic heterocycles. The third kappa shape index (κ3) is 5.47. The summed E-state index contributed by atoms with van der Waals surface area (Å²) in [5.41, 5.74) is 5.30. The number of nitrogens with one attached hydrogen (secondary N) is 2. The Morgan fingerprint density at radius 3 is 2.52 bits per heavy atom. The van der Waals surface area contributed by atoms with E-state index in [-0.39, 0.29) is 12.5 Å². The number of carbonyl (C=O) groups is 1. The largest absolute Gasteiger partial charge is 0.496 e. The Balaban J connectivity index is 1.83. The number of methoxy groups -OCH3 is 1. The number of amides is 1. The number of anilines is 1. The zero-order valence-corrected chi connectivity index (χ0v) is 13.4. The second-order valence-electron chi connectivity index (χ2n) is 5.09. The fourth-order valence-electron chi connectivity index (χ4n) is 2.10. The van der Waals surface area contributed by atoms with Crippen LogP contribution in [0.2, 0.25) is 0 Å². The van der Waals surface area contributed by atoms with Crippen molar-refractivity contribution in [2.75, 3.05) is 19.0 Å². The molecule has 0 unspecified atom stereocenters. The number of hydrogen-bond donors (Lipinski definition) is 2. The highest BCUT2D eigenvalue weighted by Gasteiger charge is 2.04. The molecule has 120 valence electrons. The first kappa shape index (κ1) is 16.5. The van der Waals surface area contributed by atoms with Gasteiger partial charge >= 0.3 is 0 Å². The molecule has 0 saturated heterocycles. The third-order valence-electron chi connectivity index (χ3n) is 3.24. The van der Waals surface area contributed by atoms with E-state index in [0.717, 1.165) is 22.7 Å². The Morgan fingerprint density at radius 2 is 1.78 bits per heavy atom. The fraction of sp³-hybridized carbons (Fsp3) is 0.222. The SMILES string of the molecule is COc1ccccc1C/C(C)=N\NC(=O)CNc1ccccc1. The number of nitrogens with zero attached hydrogens (tertiary/aromatic N) is 1. The lowest BCUT2D eigenvalue weighted by Gasteiger charge is -2.08. The molecular weight excluding hydrogens is 290 g/mol. The number of carbonyl (C=O) groups excluding carboxylic acids is 1. The smallest absolute Gasteiger partial charge is 0.259 e. The number of hydrazone groups is 1. The van der Waals surface area contributed by atoms with Crippen molar-refractivity contribution < 1.29 is 9.53 Å². The van der Waals surface area contributed by atoms with Crippen molar-refractivity contribution in [1.29, 1.82) is 0 Å². The first-order valence-electron chi connectivity index (χ1n) is 7.42. The summed E-state index contributed by atoms with van der Waals surface area (Å²) in [6.07, 6.45) is 0.621. The van der Waals surface area contributed by atoms with Crippen LogP contribution in [0.3, 0.4) is 0 Å². The number of para-hydroxylation sites is 2. The van der Waals surface area contributed by atoms with E-state index in [9.17, 15) is 4.79 Å². The van der Waals surface area contributed by atoms with Crippen molar-refractivity contribution in [2.24, 2.45) is 5.10 Å². The molecule has 23 heavy (non-hydrogen) atoms. The standard InChI is InChI=1S/C18H21N3O2/c1-14(12-15-8-6-7-11-17(15)23-2)20-21-18(22)13-19-16-9-4-3-5-10-16/h3-11,19H,12-13H2,1-2H3,(H,21,22)/b20-14-. The maximum Gasteiger partial charge on any atom is 0.259 e. The van der Waals surface area contributed by atoms with E-state index in [0.29, 0.717) is 6.42 Å². The van der Waals surface area contributed by atoms with E-state index in [1.165, 1.54) is 0 Å². The summed E-state index contributed by atoms with van der Waals surface area (Å²) in [5.74, 6) is 0.632. The van der Waals surface area contributed by atoms with Gasteiger partial charge in [0.1, 0.15) is 5.75 Å². The number of rotatable bonds is 7. The molecule has 2 aromatic rings. The average molecular weight is 311 g/mol. The molecule has 5 nitrogen and oxygen atoms in total. The second-order valence-corrected chi connectivity index (χ2v) is 5.09. The second kappa shape index (κ2) is 8.58. The lowest BCUT2D eigenvalue weighted by Crippen LogP contribution is -2.26. The zero-order valence-electron chi connectivity index (χ0n) is 13.4. The number of benzene rings is 2. The van der Waals surface area contributed by atoms with Crippen LogP contribution < -0.4 is 15.5 Å². The van der Waals surface area contributed by atoms with Gasteiger partial charge in [0.05, 0.1) is 13.7 Å². The van der Waals surface area contributed by atoms with Gasteiger partial charge < -0.3 is 10.1 Å². The van der Waals surface area contributed by atoms with Gasteiger partial charge in [-0.1, -0.05) is 36.4 Å². The van der Waals surface area contributed by atoms with Crippen molar-refractivity contribution in [3.05, 3.63) is 60.2 Å². The highest BCUT2D eigenvalue weighted by molar-refractivity contribution is 5.87. The van der Waals surface area contributed by atoms with E-state index >= 15 is 0 Å². The van der Waals surface area contributed by atoms with Gasteiger partial charge in [0.25, 0.3) is 5.91 Å². The Hall–Kier alpha value is -2.82. The van der Waals surface area contributed by atoms with Gasteiger partial charge in [0.2, 0.25) is 0 Å². The Morgan fingerprint density at radius 1 is 1.09 bits per heavy atom. The van der Waals surface area contributed by atoms with Crippen LogP contribution in [0.25, 0.3) is 0 Å². The molecule has 5 heteroatoms. The van der Waals surface area contributed by atoms with E-state index in [1.807, 2.05) is 61.5 Å². The average Bonchev–Trinajstić information content (AvgIpc) is 2.59. The van der Waals surface area contributed by atoms with Crippen molar-refractivity contribution in [3.63, 3.8) is 0 Å². The lowest BCUT2D eigenvalue weighted by molar-refractivity contribution is -0.119. The molecular formula is C18H21N3O2. The van der Waals surface area contributed by atoms with Gasteiger partial charge in [-0.2, -0.15) is 5.10 Å². The lowest BCUT2D eigenvalue weighted by atomic mass is 10.1. The molecule has 0 saturated carbocycles. The molecule has 0 aliphatic carbocycles.